The van der Waals surface area contributed by atoms with Gasteiger partial charge in [0.2, 0.25) is 0 Å². The second-order valence-electron chi connectivity index (χ2n) is 5.32. The lowest BCUT2D eigenvalue weighted by molar-refractivity contribution is -0.373. The van der Waals surface area contributed by atoms with Crippen LogP contribution in [-0.4, -0.2) is 17.4 Å². The molecule has 0 heterocycles. The molecule has 7 heteroatoms. The third-order valence-electron chi connectivity index (χ3n) is 3.37. The van der Waals surface area contributed by atoms with E-state index in [-0.39, 0.29) is 11.8 Å². The van der Waals surface area contributed by atoms with Crippen molar-refractivity contribution >= 4 is 12.3 Å². The van der Waals surface area contributed by atoms with Gasteiger partial charge in [-0.05, 0) is 17.4 Å². The van der Waals surface area contributed by atoms with Gasteiger partial charge in [-0.15, -0.1) is 0 Å². The summed E-state index contributed by atoms with van der Waals surface area (Å²) in [7, 11) is 0. The first-order valence-corrected chi connectivity index (χ1v) is 6.83. The number of carbonyl (C=O) groups is 2. The van der Waals surface area contributed by atoms with Gasteiger partial charge < -0.3 is 5.11 Å². The lowest BCUT2D eigenvalue weighted by Gasteiger charge is -2.38. The number of hydrogen-bond donors (Lipinski definition) is 1. The topological polar surface area (TPSA) is 91.3 Å². The first-order chi connectivity index (χ1) is 10.3. The maximum absolute atomic E-state index is 11.3. The van der Waals surface area contributed by atoms with E-state index in [2.05, 4.69) is 14.7 Å². The summed E-state index contributed by atoms with van der Waals surface area (Å²) in [6, 6.07) is 9.30. The molecule has 1 rings (SSSR count). The monoisotopic (exact) mass is 312 g/mol. The predicted molar refractivity (Wildman–Crippen MR) is 75.6 cm³/mol. The van der Waals surface area contributed by atoms with Crippen LogP contribution < -0.4 is 0 Å². The molecule has 1 aromatic rings. The van der Waals surface area contributed by atoms with Gasteiger partial charge >= 0.3 is 12.3 Å². The van der Waals surface area contributed by atoms with Crippen LogP contribution in [0.4, 0.5) is 9.59 Å². The van der Waals surface area contributed by atoms with Crippen LogP contribution in [0, 0.1) is 11.8 Å². The number of carbonyl (C=O) groups excluding carboxylic acids is 1. The van der Waals surface area contributed by atoms with E-state index in [1.54, 1.807) is 0 Å². The fourth-order valence-corrected chi connectivity index (χ4v) is 2.46. The third-order valence-corrected chi connectivity index (χ3v) is 3.37. The van der Waals surface area contributed by atoms with E-state index in [1.807, 2.05) is 58.0 Å². The first kappa shape index (κ1) is 17.8. The fourth-order valence-electron chi connectivity index (χ4n) is 2.46. The summed E-state index contributed by atoms with van der Waals surface area (Å²) in [6.45, 7) is 7.70. The van der Waals surface area contributed by atoms with E-state index in [1.165, 1.54) is 0 Å². The van der Waals surface area contributed by atoms with Crippen molar-refractivity contribution in [3.05, 3.63) is 35.9 Å². The summed E-state index contributed by atoms with van der Waals surface area (Å²) in [4.78, 5) is 39.0. The normalized spacial score (nSPS) is 11.4. The van der Waals surface area contributed by atoms with E-state index in [0.717, 1.165) is 5.56 Å². The number of benzene rings is 1. The van der Waals surface area contributed by atoms with Crippen LogP contribution in [-0.2, 0) is 25.2 Å². The minimum absolute atomic E-state index is 0.0388. The molecule has 0 aliphatic rings. The van der Waals surface area contributed by atoms with Crippen LogP contribution in [0.1, 0.15) is 33.3 Å². The lowest BCUT2D eigenvalue weighted by atomic mass is 9.75. The average Bonchev–Trinajstić information content (AvgIpc) is 2.46. The molecule has 0 saturated heterocycles. The molecule has 1 N–H and O–H groups in total. The van der Waals surface area contributed by atoms with E-state index >= 15 is 0 Å². The highest BCUT2D eigenvalue weighted by Crippen LogP contribution is 2.40. The standard InChI is InChI=1S/C15H20O7/c1-10(2)15(11(3)4,12-8-6-5-7-9-12)22-21-14(18)20-19-13(16)17/h5-11H,1-4H3,(H,16,17). The zero-order valence-electron chi connectivity index (χ0n) is 12.9. The van der Waals surface area contributed by atoms with Gasteiger partial charge in [0, 0.05) is 0 Å². The van der Waals surface area contributed by atoms with Crippen LogP contribution in [0.15, 0.2) is 30.3 Å². The van der Waals surface area contributed by atoms with Gasteiger partial charge in [-0.2, -0.15) is 19.5 Å². The van der Waals surface area contributed by atoms with Gasteiger partial charge in [-0.1, -0.05) is 58.0 Å². The Kier molecular flexibility index (Phi) is 6.18. The molecule has 7 nitrogen and oxygen atoms in total. The smallest absolute Gasteiger partial charge is 0.447 e. The summed E-state index contributed by atoms with van der Waals surface area (Å²) < 4.78 is 0. The second-order valence-corrected chi connectivity index (χ2v) is 5.32. The van der Waals surface area contributed by atoms with Crippen LogP contribution in [0.25, 0.3) is 0 Å². The SMILES string of the molecule is CC(C)C(OOC(=O)OOC(=O)O)(c1ccccc1)C(C)C. The van der Waals surface area contributed by atoms with Crippen molar-refractivity contribution in [2.24, 2.45) is 11.8 Å². The molecule has 0 radical (unpaired) electrons. The number of rotatable bonds is 5. The molecule has 0 atom stereocenters. The van der Waals surface area contributed by atoms with Gasteiger partial charge in [-0.25, -0.2) is 4.79 Å². The minimum Gasteiger partial charge on any atom is -0.447 e. The van der Waals surface area contributed by atoms with Gasteiger partial charge in [0.25, 0.3) is 0 Å². The van der Waals surface area contributed by atoms with Crippen molar-refractivity contribution in [1.29, 1.82) is 0 Å². The Balaban J connectivity index is 2.93. The molecule has 0 saturated carbocycles. The molecule has 22 heavy (non-hydrogen) atoms. The molecule has 0 unspecified atom stereocenters. The lowest BCUT2D eigenvalue weighted by Crippen LogP contribution is -2.41. The fraction of sp³-hybridized carbons (Fsp3) is 0.467. The summed E-state index contributed by atoms with van der Waals surface area (Å²) in [5.74, 6) is -0.0776. The molecular formula is C15H20O7. The molecular weight excluding hydrogens is 292 g/mol. The van der Waals surface area contributed by atoms with Gasteiger partial charge in [0.05, 0.1) is 0 Å². The Hall–Kier alpha value is -2.28. The van der Waals surface area contributed by atoms with Crippen molar-refractivity contribution in [3.8, 4) is 0 Å². The van der Waals surface area contributed by atoms with E-state index in [0.29, 0.717) is 0 Å². The Morgan fingerprint density at radius 1 is 0.955 bits per heavy atom. The average molecular weight is 312 g/mol. The maximum atomic E-state index is 11.3. The largest absolute Gasteiger partial charge is 0.582 e. The molecule has 0 fully saturated rings. The number of carboxylic acid groups (broad SMARTS) is 1. The van der Waals surface area contributed by atoms with E-state index < -0.39 is 17.9 Å². The highest BCUT2D eigenvalue weighted by molar-refractivity contribution is 5.61. The van der Waals surface area contributed by atoms with E-state index in [9.17, 15) is 9.59 Å². The second kappa shape index (κ2) is 7.65. The van der Waals surface area contributed by atoms with Crippen LogP contribution in [0.5, 0.6) is 0 Å². The molecule has 122 valence electrons. The Bertz CT molecular complexity index is 488. The molecule has 0 aliphatic heterocycles. The Morgan fingerprint density at radius 3 is 1.95 bits per heavy atom. The molecule has 0 aliphatic carbocycles. The third kappa shape index (κ3) is 4.11. The minimum atomic E-state index is -1.76. The zero-order valence-corrected chi connectivity index (χ0v) is 12.9. The molecule has 0 aromatic heterocycles. The Labute approximate surface area is 128 Å². The summed E-state index contributed by atoms with van der Waals surface area (Å²) >= 11 is 0. The van der Waals surface area contributed by atoms with Gasteiger partial charge in [0.1, 0.15) is 5.60 Å². The maximum Gasteiger partial charge on any atom is 0.582 e. The number of hydrogen-bond acceptors (Lipinski definition) is 6. The quantitative estimate of drug-likeness (QED) is 0.651. The van der Waals surface area contributed by atoms with Crippen molar-refractivity contribution in [2.75, 3.05) is 0 Å². The van der Waals surface area contributed by atoms with Crippen LogP contribution in [0.3, 0.4) is 0 Å². The highest BCUT2D eigenvalue weighted by atomic mass is 17.3. The van der Waals surface area contributed by atoms with Crippen molar-refractivity contribution < 1.29 is 34.2 Å². The van der Waals surface area contributed by atoms with Gasteiger partial charge in [0.15, 0.2) is 0 Å². The summed E-state index contributed by atoms with van der Waals surface area (Å²) in [6.07, 6.45) is -3.16. The Morgan fingerprint density at radius 2 is 1.50 bits per heavy atom. The van der Waals surface area contributed by atoms with Crippen molar-refractivity contribution in [1.82, 2.24) is 0 Å². The van der Waals surface area contributed by atoms with Crippen molar-refractivity contribution in [3.63, 3.8) is 0 Å². The molecule has 0 bridgehead atoms. The molecule has 1 aromatic carbocycles. The summed E-state index contributed by atoms with van der Waals surface area (Å²) in [5.41, 5.74) is -0.0873. The summed E-state index contributed by atoms with van der Waals surface area (Å²) in [5, 5.41) is 8.25. The van der Waals surface area contributed by atoms with Crippen molar-refractivity contribution in [2.45, 2.75) is 33.3 Å². The van der Waals surface area contributed by atoms with E-state index in [4.69, 9.17) is 9.99 Å². The zero-order chi connectivity index (χ0) is 16.8. The highest BCUT2D eigenvalue weighted by Gasteiger charge is 2.43. The van der Waals surface area contributed by atoms with Crippen LogP contribution in [0.2, 0.25) is 0 Å². The van der Waals surface area contributed by atoms with Gasteiger partial charge in [-0.3, -0.25) is 4.89 Å². The van der Waals surface area contributed by atoms with Crippen LogP contribution >= 0.6 is 0 Å². The first-order valence-electron chi connectivity index (χ1n) is 6.83. The predicted octanol–water partition coefficient (Wildman–Crippen LogP) is 3.89. The molecule has 0 amide bonds. The molecule has 0 spiro atoms.